The van der Waals surface area contributed by atoms with Gasteiger partial charge in [-0.15, -0.1) is 0 Å². The predicted octanol–water partition coefficient (Wildman–Crippen LogP) is 4.79. The number of rotatable bonds is 3. The molecule has 1 aliphatic heterocycles. The molecule has 1 unspecified atom stereocenters. The average molecular weight is 450 g/mol. The number of nitrogens with two attached hydrogens (primary N) is 1. The van der Waals surface area contributed by atoms with Crippen molar-refractivity contribution in [1.29, 1.82) is 5.26 Å². The number of amidine groups is 1. The lowest BCUT2D eigenvalue weighted by Gasteiger charge is -2.30. The van der Waals surface area contributed by atoms with Gasteiger partial charge in [-0.3, -0.25) is 0 Å². The molecule has 144 valence electrons. The zero-order valence-corrected chi connectivity index (χ0v) is 17.4. The molecule has 0 spiro atoms. The molecule has 0 saturated heterocycles. The van der Waals surface area contributed by atoms with Crippen LogP contribution in [-0.4, -0.2) is 12.9 Å². The maximum atomic E-state index is 14.7. The molecule has 6 heteroatoms. The van der Waals surface area contributed by atoms with E-state index in [4.69, 9.17) is 15.5 Å². The Morgan fingerprint density at radius 2 is 1.90 bits per heavy atom. The summed E-state index contributed by atoms with van der Waals surface area (Å²) in [6, 6.07) is 18.4. The van der Waals surface area contributed by atoms with Gasteiger partial charge in [-0.1, -0.05) is 40.2 Å². The van der Waals surface area contributed by atoms with Gasteiger partial charge in [0.05, 0.1) is 18.2 Å². The smallest absolute Gasteiger partial charge is 0.139 e. The molecule has 4 nitrogen and oxygen atoms in total. The van der Waals surface area contributed by atoms with Gasteiger partial charge < -0.3 is 10.5 Å². The first kappa shape index (κ1) is 19.2. The Morgan fingerprint density at radius 1 is 1.14 bits per heavy atom. The quantitative estimate of drug-likeness (QED) is 0.624. The van der Waals surface area contributed by atoms with Crippen LogP contribution in [0.5, 0.6) is 5.75 Å². The van der Waals surface area contributed by atoms with Crippen LogP contribution in [0.3, 0.4) is 0 Å². The van der Waals surface area contributed by atoms with Crippen molar-refractivity contribution in [3.63, 3.8) is 0 Å². The van der Waals surface area contributed by atoms with Gasteiger partial charge in [-0.2, -0.15) is 5.26 Å². The molecule has 3 aromatic carbocycles. The van der Waals surface area contributed by atoms with Crippen molar-refractivity contribution in [2.45, 2.75) is 12.5 Å². The fourth-order valence-corrected chi connectivity index (χ4v) is 4.44. The van der Waals surface area contributed by atoms with Crippen LogP contribution in [0.2, 0.25) is 0 Å². The van der Waals surface area contributed by atoms with Crippen molar-refractivity contribution in [3.05, 3.63) is 98.3 Å². The lowest BCUT2D eigenvalue weighted by molar-refractivity contribution is 0.410. The van der Waals surface area contributed by atoms with E-state index in [0.29, 0.717) is 22.4 Å². The first-order valence-corrected chi connectivity index (χ1v) is 9.71. The molecule has 2 N–H and O–H groups in total. The Bertz CT molecular complexity index is 1220. The van der Waals surface area contributed by atoms with E-state index in [2.05, 4.69) is 22.0 Å². The molecule has 0 aliphatic carbocycles. The molecule has 1 heterocycles. The molecular weight excluding hydrogens is 433 g/mol. The predicted molar refractivity (Wildman–Crippen MR) is 114 cm³/mol. The summed E-state index contributed by atoms with van der Waals surface area (Å²) in [5.41, 5.74) is 8.77. The molecule has 4 rings (SSSR count). The number of aryl methyl sites for hydroxylation is 1. The summed E-state index contributed by atoms with van der Waals surface area (Å²) >= 11 is 3.51. The summed E-state index contributed by atoms with van der Waals surface area (Å²) < 4.78 is 21.0. The van der Waals surface area contributed by atoms with Gasteiger partial charge in [0, 0.05) is 10.0 Å². The van der Waals surface area contributed by atoms with Gasteiger partial charge in [-0.25, -0.2) is 9.38 Å². The number of fused-ring (bicyclic) bond motifs is 1. The lowest BCUT2D eigenvalue weighted by atomic mass is 9.76. The highest BCUT2D eigenvalue weighted by Crippen LogP contribution is 2.48. The number of aliphatic imine (C=N–C) groups is 1. The molecule has 1 atom stereocenters. The Balaban J connectivity index is 2.14. The molecule has 0 aromatic heterocycles. The Hall–Kier alpha value is -3.17. The zero-order valence-electron chi connectivity index (χ0n) is 15.8. The maximum absolute atomic E-state index is 14.7. The van der Waals surface area contributed by atoms with E-state index < -0.39 is 11.4 Å². The summed E-state index contributed by atoms with van der Waals surface area (Å²) in [6.07, 6.45) is 0. The van der Waals surface area contributed by atoms with Crippen molar-refractivity contribution in [3.8, 4) is 11.8 Å². The third-order valence-corrected chi connectivity index (χ3v) is 5.70. The molecule has 1 aliphatic rings. The zero-order chi connectivity index (χ0) is 20.8. The minimum atomic E-state index is -1.08. The number of nitriles is 1. The van der Waals surface area contributed by atoms with Crippen LogP contribution in [0.25, 0.3) is 0 Å². The minimum Gasteiger partial charge on any atom is -0.495 e. The fraction of sp³-hybridized carbons (Fsp3) is 0.130. The van der Waals surface area contributed by atoms with Crippen molar-refractivity contribution in [2.24, 2.45) is 10.7 Å². The normalized spacial score (nSPS) is 17.4. The molecule has 0 amide bonds. The van der Waals surface area contributed by atoms with Crippen LogP contribution >= 0.6 is 15.9 Å². The summed E-state index contributed by atoms with van der Waals surface area (Å²) in [6.45, 7) is 1.87. The van der Waals surface area contributed by atoms with Gasteiger partial charge in [0.15, 0.2) is 0 Å². The summed E-state index contributed by atoms with van der Waals surface area (Å²) in [7, 11) is 1.53. The van der Waals surface area contributed by atoms with E-state index in [1.54, 1.807) is 12.1 Å². The number of benzene rings is 3. The van der Waals surface area contributed by atoms with Crippen LogP contribution in [0.4, 0.5) is 4.39 Å². The number of ether oxygens (including phenoxy) is 1. The molecule has 3 aromatic rings. The number of hydrogen-bond donors (Lipinski definition) is 1. The summed E-state index contributed by atoms with van der Waals surface area (Å²) in [5, 5.41) is 9.67. The average Bonchev–Trinajstić information content (AvgIpc) is 3.02. The summed E-state index contributed by atoms with van der Waals surface area (Å²) in [5.74, 6) is 0.214. The van der Waals surface area contributed by atoms with E-state index in [-0.39, 0.29) is 5.84 Å². The van der Waals surface area contributed by atoms with Crippen LogP contribution in [0, 0.1) is 24.1 Å². The fourth-order valence-electron chi connectivity index (χ4n) is 4.04. The number of nitrogens with zero attached hydrogens (tertiary/aromatic N) is 2. The molecule has 0 fully saturated rings. The third-order valence-electron chi connectivity index (χ3n) is 5.21. The summed E-state index contributed by atoms with van der Waals surface area (Å²) in [4.78, 5) is 4.79. The van der Waals surface area contributed by atoms with E-state index >= 15 is 0 Å². The lowest BCUT2D eigenvalue weighted by Crippen LogP contribution is -2.26. The first-order valence-electron chi connectivity index (χ1n) is 8.92. The van der Waals surface area contributed by atoms with Crippen LogP contribution in [0.1, 0.15) is 33.4 Å². The second kappa shape index (κ2) is 7.02. The van der Waals surface area contributed by atoms with Crippen LogP contribution < -0.4 is 10.5 Å². The Labute approximate surface area is 176 Å². The van der Waals surface area contributed by atoms with Crippen LogP contribution in [-0.2, 0) is 5.54 Å². The first-order chi connectivity index (χ1) is 13.9. The van der Waals surface area contributed by atoms with E-state index in [0.717, 1.165) is 21.2 Å². The molecular formula is C23H17BrFN3O. The van der Waals surface area contributed by atoms with Crippen LogP contribution in [0.15, 0.2) is 64.1 Å². The van der Waals surface area contributed by atoms with E-state index in [1.807, 2.05) is 43.3 Å². The Kier molecular flexibility index (Phi) is 4.64. The highest BCUT2D eigenvalue weighted by Gasteiger charge is 2.44. The van der Waals surface area contributed by atoms with Gasteiger partial charge in [0.2, 0.25) is 0 Å². The third kappa shape index (κ3) is 2.81. The number of methoxy groups -OCH3 is 1. The van der Waals surface area contributed by atoms with Crippen molar-refractivity contribution in [2.75, 3.05) is 7.11 Å². The van der Waals surface area contributed by atoms with Crippen molar-refractivity contribution >= 4 is 21.8 Å². The maximum Gasteiger partial charge on any atom is 0.139 e. The topological polar surface area (TPSA) is 71.4 Å². The van der Waals surface area contributed by atoms with Crippen molar-refractivity contribution in [1.82, 2.24) is 0 Å². The molecule has 0 saturated carbocycles. The van der Waals surface area contributed by atoms with E-state index in [9.17, 15) is 9.65 Å². The van der Waals surface area contributed by atoms with Gasteiger partial charge in [0.1, 0.15) is 29.0 Å². The highest BCUT2D eigenvalue weighted by molar-refractivity contribution is 9.10. The Morgan fingerprint density at radius 3 is 2.59 bits per heavy atom. The number of hydrogen-bond acceptors (Lipinski definition) is 4. The number of halogens is 2. The van der Waals surface area contributed by atoms with Gasteiger partial charge in [-0.05, 0) is 53.9 Å². The molecule has 29 heavy (non-hydrogen) atoms. The molecule has 0 bridgehead atoms. The molecule has 0 radical (unpaired) electrons. The second-order valence-electron chi connectivity index (χ2n) is 6.87. The van der Waals surface area contributed by atoms with E-state index in [1.165, 1.54) is 13.2 Å². The highest BCUT2D eigenvalue weighted by atomic mass is 79.9. The minimum absolute atomic E-state index is 0.130. The largest absolute Gasteiger partial charge is 0.495 e. The monoisotopic (exact) mass is 449 g/mol. The van der Waals surface area contributed by atoms with Gasteiger partial charge >= 0.3 is 0 Å². The van der Waals surface area contributed by atoms with Crippen molar-refractivity contribution < 1.29 is 9.13 Å². The standard InChI is InChI=1S/C23H17BrFN3O/c1-13-9-16(10-14(12-26)21(13)29-2)23(15-5-3-6-17(24)11-15)18-7-4-8-19(25)20(18)22(27)28-23/h3-11H,1-2H3,(H2,27,28). The van der Waals surface area contributed by atoms with Gasteiger partial charge in [0.25, 0.3) is 0 Å². The SMILES string of the molecule is COc1c(C)cc(C2(c3cccc(Br)c3)N=C(N)c3c(F)cccc32)cc1C#N. The second-order valence-corrected chi connectivity index (χ2v) is 7.78.